The van der Waals surface area contributed by atoms with Gasteiger partial charge in [-0.25, -0.2) is 4.79 Å². The summed E-state index contributed by atoms with van der Waals surface area (Å²) in [7, 11) is 0. The van der Waals surface area contributed by atoms with Gasteiger partial charge in [-0.05, 0) is 12.1 Å². The van der Waals surface area contributed by atoms with Crippen LogP contribution in [0.5, 0.6) is 0 Å². The summed E-state index contributed by atoms with van der Waals surface area (Å²) in [6.45, 7) is 0.193. The monoisotopic (exact) mass is 325 g/mol. The van der Waals surface area contributed by atoms with Gasteiger partial charge in [-0.3, -0.25) is 4.98 Å². The highest BCUT2D eigenvalue weighted by Crippen LogP contribution is 2.19. The lowest BCUT2D eigenvalue weighted by molar-refractivity contribution is 0.0472. The smallest absolute Gasteiger partial charge is 0.340 e. The lowest BCUT2D eigenvalue weighted by Gasteiger charge is -2.07. The summed E-state index contributed by atoms with van der Waals surface area (Å²) in [5, 5.41) is 0.287. The highest BCUT2D eigenvalue weighted by molar-refractivity contribution is 9.10. The predicted molar refractivity (Wildman–Crippen MR) is 72.5 cm³/mol. The Kier molecular flexibility index (Phi) is 4.33. The summed E-state index contributed by atoms with van der Waals surface area (Å²) in [5.74, 6) is -0.460. The van der Waals surface area contributed by atoms with Gasteiger partial charge in [-0.15, -0.1) is 0 Å². The average Bonchev–Trinajstić information content (AvgIpc) is 2.38. The minimum absolute atomic E-state index is 0.193. The summed E-state index contributed by atoms with van der Waals surface area (Å²) >= 11 is 9.25. The van der Waals surface area contributed by atoms with Gasteiger partial charge in [0.25, 0.3) is 0 Å². The van der Waals surface area contributed by atoms with Gasteiger partial charge in [0.2, 0.25) is 0 Å². The molecule has 5 heteroatoms. The number of rotatable bonds is 3. The van der Waals surface area contributed by atoms with Crippen molar-refractivity contribution in [2.45, 2.75) is 6.61 Å². The zero-order valence-electron chi connectivity index (χ0n) is 9.27. The lowest BCUT2D eigenvalue weighted by atomic mass is 10.2. The fourth-order valence-corrected chi connectivity index (χ4v) is 1.97. The first-order chi connectivity index (χ1) is 8.68. The van der Waals surface area contributed by atoms with E-state index in [-0.39, 0.29) is 11.6 Å². The molecule has 1 aromatic carbocycles. The van der Waals surface area contributed by atoms with Gasteiger partial charge in [-0.2, -0.15) is 0 Å². The molecule has 2 rings (SSSR count). The van der Waals surface area contributed by atoms with Crippen LogP contribution < -0.4 is 0 Å². The minimum atomic E-state index is -0.460. The van der Waals surface area contributed by atoms with E-state index in [9.17, 15) is 4.79 Å². The van der Waals surface area contributed by atoms with Crippen molar-refractivity contribution in [3.8, 4) is 0 Å². The summed E-state index contributed by atoms with van der Waals surface area (Å²) in [4.78, 5) is 15.6. The van der Waals surface area contributed by atoms with Crippen LogP contribution in [-0.4, -0.2) is 11.0 Å². The molecule has 0 radical (unpaired) electrons. The maximum absolute atomic E-state index is 11.8. The first-order valence-electron chi connectivity index (χ1n) is 5.18. The maximum Gasteiger partial charge on any atom is 0.340 e. The molecule has 0 bridgehead atoms. The quantitative estimate of drug-likeness (QED) is 0.804. The van der Waals surface area contributed by atoms with Gasteiger partial charge >= 0.3 is 5.97 Å². The molecule has 1 aromatic heterocycles. The third-order valence-electron chi connectivity index (χ3n) is 2.31. The Morgan fingerprint density at radius 2 is 2.11 bits per heavy atom. The van der Waals surface area contributed by atoms with Gasteiger partial charge in [0.05, 0.1) is 10.6 Å². The molecule has 92 valence electrons. The number of nitrogens with zero attached hydrogens (tertiary/aromatic N) is 1. The summed E-state index contributed by atoms with van der Waals surface area (Å²) in [5.41, 5.74) is 1.22. The van der Waals surface area contributed by atoms with E-state index in [0.717, 1.165) is 10.0 Å². The third kappa shape index (κ3) is 3.09. The Labute approximate surface area is 118 Å². The second-order valence-corrected chi connectivity index (χ2v) is 4.78. The number of esters is 1. The van der Waals surface area contributed by atoms with E-state index in [2.05, 4.69) is 20.9 Å². The van der Waals surface area contributed by atoms with E-state index < -0.39 is 5.97 Å². The number of benzene rings is 1. The van der Waals surface area contributed by atoms with Gasteiger partial charge in [0, 0.05) is 22.4 Å². The SMILES string of the molecule is O=C(OCc1ccccc1Br)c1ccncc1Cl. The van der Waals surface area contributed by atoms with E-state index in [1.165, 1.54) is 18.5 Å². The Morgan fingerprint density at radius 3 is 2.83 bits per heavy atom. The predicted octanol–water partition coefficient (Wildman–Crippen LogP) is 3.85. The van der Waals surface area contributed by atoms with Crippen molar-refractivity contribution in [3.63, 3.8) is 0 Å². The first kappa shape index (κ1) is 13.1. The highest BCUT2D eigenvalue weighted by Gasteiger charge is 2.12. The molecule has 0 fully saturated rings. The largest absolute Gasteiger partial charge is 0.457 e. The molecule has 0 amide bonds. The lowest BCUT2D eigenvalue weighted by Crippen LogP contribution is -2.06. The van der Waals surface area contributed by atoms with Crippen LogP contribution in [0.1, 0.15) is 15.9 Å². The van der Waals surface area contributed by atoms with Crippen LogP contribution in [0, 0.1) is 0 Å². The molecule has 1 heterocycles. The summed E-state index contributed by atoms with van der Waals surface area (Å²) < 4.78 is 6.10. The molecule has 0 aliphatic rings. The van der Waals surface area contributed by atoms with Crippen LogP contribution in [0.3, 0.4) is 0 Å². The zero-order valence-corrected chi connectivity index (χ0v) is 11.6. The number of carbonyl (C=O) groups excluding carboxylic acids is 1. The van der Waals surface area contributed by atoms with Crippen molar-refractivity contribution in [1.29, 1.82) is 0 Å². The molecule has 0 spiro atoms. The Hall–Kier alpha value is -1.39. The van der Waals surface area contributed by atoms with Crippen LogP contribution in [0.2, 0.25) is 5.02 Å². The minimum Gasteiger partial charge on any atom is -0.457 e. The summed E-state index contributed by atoms with van der Waals surface area (Å²) in [6.07, 6.45) is 2.91. The molecule has 0 saturated carbocycles. The Morgan fingerprint density at radius 1 is 1.33 bits per heavy atom. The van der Waals surface area contributed by atoms with Crippen molar-refractivity contribution in [3.05, 3.63) is 63.3 Å². The maximum atomic E-state index is 11.8. The normalized spacial score (nSPS) is 10.1. The van der Waals surface area contributed by atoms with Gasteiger partial charge in [-0.1, -0.05) is 45.7 Å². The molecule has 0 aliphatic carbocycles. The fourth-order valence-electron chi connectivity index (χ4n) is 1.38. The Bertz CT molecular complexity index is 574. The standard InChI is InChI=1S/C13H9BrClNO2/c14-11-4-2-1-3-9(11)8-18-13(17)10-5-6-16-7-12(10)15/h1-7H,8H2. The Balaban J connectivity index is 2.06. The molecule has 0 aliphatic heterocycles. The van der Waals surface area contributed by atoms with E-state index in [4.69, 9.17) is 16.3 Å². The zero-order chi connectivity index (χ0) is 13.0. The van der Waals surface area contributed by atoms with Crippen molar-refractivity contribution in [2.24, 2.45) is 0 Å². The molecule has 0 N–H and O–H groups in total. The van der Waals surface area contributed by atoms with Crippen molar-refractivity contribution in [2.75, 3.05) is 0 Å². The van der Waals surface area contributed by atoms with Crippen LogP contribution in [0.15, 0.2) is 47.2 Å². The fraction of sp³-hybridized carbons (Fsp3) is 0.0769. The number of halogens is 2. The number of carbonyl (C=O) groups is 1. The number of hydrogen-bond donors (Lipinski definition) is 0. The molecule has 0 saturated heterocycles. The van der Waals surface area contributed by atoms with E-state index >= 15 is 0 Å². The number of ether oxygens (including phenoxy) is 1. The molecule has 2 aromatic rings. The molecular formula is C13H9BrClNO2. The number of aromatic nitrogens is 1. The molecule has 0 unspecified atom stereocenters. The average molecular weight is 327 g/mol. The third-order valence-corrected chi connectivity index (χ3v) is 3.38. The van der Waals surface area contributed by atoms with E-state index in [0.29, 0.717) is 5.56 Å². The highest BCUT2D eigenvalue weighted by atomic mass is 79.9. The molecule has 3 nitrogen and oxygen atoms in total. The molecular weight excluding hydrogens is 318 g/mol. The molecule has 0 atom stereocenters. The second-order valence-electron chi connectivity index (χ2n) is 3.52. The first-order valence-corrected chi connectivity index (χ1v) is 6.35. The van der Waals surface area contributed by atoms with Gasteiger partial charge < -0.3 is 4.74 Å². The molecule has 18 heavy (non-hydrogen) atoms. The van der Waals surface area contributed by atoms with E-state index in [1.54, 1.807) is 0 Å². The van der Waals surface area contributed by atoms with Crippen molar-refractivity contribution < 1.29 is 9.53 Å². The van der Waals surface area contributed by atoms with Crippen LogP contribution in [0.4, 0.5) is 0 Å². The number of pyridine rings is 1. The van der Waals surface area contributed by atoms with Gasteiger partial charge in [0.15, 0.2) is 0 Å². The summed E-state index contributed by atoms with van der Waals surface area (Å²) in [6, 6.07) is 9.08. The van der Waals surface area contributed by atoms with Crippen molar-refractivity contribution >= 4 is 33.5 Å². The van der Waals surface area contributed by atoms with Crippen LogP contribution in [-0.2, 0) is 11.3 Å². The number of hydrogen-bond acceptors (Lipinski definition) is 3. The van der Waals surface area contributed by atoms with Gasteiger partial charge in [0.1, 0.15) is 6.61 Å². The van der Waals surface area contributed by atoms with Crippen LogP contribution >= 0.6 is 27.5 Å². The second kappa shape index (κ2) is 5.98. The van der Waals surface area contributed by atoms with E-state index in [1.807, 2.05) is 24.3 Å². The van der Waals surface area contributed by atoms with Crippen LogP contribution in [0.25, 0.3) is 0 Å². The topological polar surface area (TPSA) is 39.2 Å². The van der Waals surface area contributed by atoms with Crippen molar-refractivity contribution in [1.82, 2.24) is 4.98 Å².